The third kappa shape index (κ3) is 3.41. The van der Waals surface area contributed by atoms with Gasteiger partial charge in [0.2, 0.25) is 0 Å². The zero-order chi connectivity index (χ0) is 17.9. The van der Waals surface area contributed by atoms with E-state index < -0.39 is 5.82 Å². The van der Waals surface area contributed by atoms with Crippen LogP contribution in [0.4, 0.5) is 9.52 Å². The van der Waals surface area contributed by atoms with Crippen molar-refractivity contribution in [2.45, 2.75) is 0 Å². The zero-order valence-electron chi connectivity index (χ0n) is 13.5. The number of rotatable bonds is 4. The number of nitrogens with zero attached hydrogens (tertiary/aromatic N) is 1. The first-order chi connectivity index (χ1) is 12.7. The zero-order valence-corrected chi connectivity index (χ0v) is 14.3. The average Bonchev–Trinajstić information content (AvgIpc) is 3.07. The summed E-state index contributed by atoms with van der Waals surface area (Å²) in [5.41, 5.74) is 0.687. The van der Waals surface area contributed by atoms with E-state index in [1.54, 1.807) is 36.4 Å². The number of aromatic nitrogens is 1. The third-order valence-electron chi connectivity index (χ3n) is 3.67. The van der Waals surface area contributed by atoms with E-state index in [-0.39, 0.29) is 11.4 Å². The summed E-state index contributed by atoms with van der Waals surface area (Å²) in [7, 11) is 0. The highest BCUT2D eigenvalue weighted by molar-refractivity contribution is 7.22. The van der Waals surface area contributed by atoms with E-state index in [0.717, 1.165) is 0 Å². The summed E-state index contributed by atoms with van der Waals surface area (Å²) in [5.74, 6) is 0.506. The number of amides is 1. The van der Waals surface area contributed by atoms with Crippen LogP contribution in [0.2, 0.25) is 0 Å². The van der Waals surface area contributed by atoms with Gasteiger partial charge in [-0.25, -0.2) is 9.37 Å². The minimum absolute atomic E-state index is 0.258. The van der Waals surface area contributed by atoms with Crippen LogP contribution in [-0.4, -0.2) is 10.9 Å². The first-order valence-electron chi connectivity index (χ1n) is 7.88. The molecule has 0 unspecified atom stereocenters. The summed E-state index contributed by atoms with van der Waals surface area (Å²) in [4.78, 5) is 16.6. The molecule has 4 aromatic rings. The molecule has 0 bridgehead atoms. The van der Waals surface area contributed by atoms with Crippen molar-refractivity contribution in [3.63, 3.8) is 0 Å². The Kier molecular flexibility index (Phi) is 4.33. The molecule has 4 nitrogen and oxygen atoms in total. The summed E-state index contributed by atoms with van der Waals surface area (Å²) in [5, 5.41) is 3.06. The van der Waals surface area contributed by atoms with Gasteiger partial charge in [-0.3, -0.25) is 10.1 Å². The molecule has 0 radical (unpaired) electrons. The van der Waals surface area contributed by atoms with E-state index in [9.17, 15) is 9.18 Å². The molecule has 26 heavy (non-hydrogen) atoms. The van der Waals surface area contributed by atoms with E-state index in [1.165, 1.54) is 17.4 Å². The molecule has 0 aliphatic heterocycles. The second-order valence-electron chi connectivity index (χ2n) is 5.50. The molecule has 3 aromatic carbocycles. The van der Waals surface area contributed by atoms with Crippen molar-refractivity contribution < 1.29 is 13.9 Å². The normalized spacial score (nSPS) is 10.7. The van der Waals surface area contributed by atoms with Gasteiger partial charge in [0.25, 0.3) is 5.91 Å². The van der Waals surface area contributed by atoms with Gasteiger partial charge in [-0.05, 0) is 42.5 Å². The fourth-order valence-electron chi connectivity index (χ4n) is 2.46. The molecule has 0 aliphatic rings. The second-order valence-corrected chi connectivity index (χ2v) is 6.53. The molecule has 0 aliphatic carbocycles. The number of halogens is 1. The largest absolute Gasteiger partial charge is 0.457 e. The van der Waals surface area contributed by atoms with Crippen LogP contribution in [0.15, 0.2) is 72.8 Å². The van der Waals surface area contributed by atoms with Gasteiger partial charge in [-0.1, -0.05) is 41.7 Å². The highest BCUT2D eigenvalue weighted by Crippen LogP contribution is 2.28. The number of ether oxygens (including phenoxy) is 1. The van der Waals surface area contributed by atoms with E-state index >= 15 is 0 Å². The SMILES string of the molecule is O=C(Nc1nc2c(F)cccc2s1)c1cccc(Oc2ccccc2)c1. The molecule has 128 valence electrons. The molecule has 1 aromatic heterocycles. The molecular weight excluding hydrogens is 351 g/mol. The van der Waals surface area contributed by atoms with Crippen molar-refractivity contribution in [2.75, 3.05) is 5.32 Å². The van der Waals surface area contributed by atoms with Crippen LogP contribution < -0.4 is 10.1 Å². The Morgan fingerprint density at radius 2 is 1.73 bits per heavy atom. The summed E-state index contributed by atoms with van der Waals surface area (Å²) in [6, 6.07) is 20.9. The average molecular weight is 364 g/mol. The number of carbonyl (C=O) groups excluding carboxylic acids is 1. The van der Waals surface area contributed by atoms with Crippen LogP contribution in [0, 0.1) is 5.82 Å². The maximum atomic E-state index is 13.7. The van der Waals surface area contributed by atoms with Crippen molar-refractivity contribution in [3.05, 3.63) is 84.2 Å². The Hall–Kier alpha value is -3.25. The molecule has 1 heterocycles. The number of para-hydroxylation sites is 2. The molecular formula is C20H13FN2O2S. The summed E-state index contributed by atoms with van der Waals surface area (Å²) in [6.07, 6.45) is 0. The van der Waals surface area contributed by atoms with E-state index in [4.69, 9.17) is 4.74 Å². The quantitative estimate of drug-likeness (QED) is 0.522. The number of fused-ring (bicyclic) bond motifs is 1. The highest BCUT2D eigenvalue weighted by atomic mass is 32.1. The van der Waals surface area contributed by atoms with Gasteiger partial charge in [0.1, 0.15) is 22.8 Å². The van der Waals surface area contributed by atoms with Gasteiger partial charge in [-0.2, -0.15) is 0 Å². The van der Waals surface area contributed by atoms with Crippen molar-refractivity contribution in [1.82, 2.24) is 4.98 Å². The van der Waals surface area contributed by atoms with Crippen molar-refractivity contribution in [2.24, 2.45) is 0 Å². The van der Waals surface area contributed by atoms with Crippen LogP contribution in [0.3, 0.4) is 0 Å². The highest BCUT2D eigenvalue weighted by Gasteiger charge is 2.12. The van der Waals surface area contributed by atoms with Crippen LogP contribution in [0.1, 0.15) is 10.4 Å². The maximum absolute atomic E-state index is 13.7. The minimum atomic E-state index is -0.405. The number of hydrogen-bond donors (Lipinski definition) is 1. The lowest BCUT2D eigenvalue weighted by atomic mass is 10.2. The second kappa shape index (κ2) is 6.93. The van der Waals surface area contributed by atoms with E-state index in [2.05, 4.69) is 10.3 Å². The Labute approximate surface area is 152 Å². The number of carbonyl (C=O) groups is 1. The molecule has 0 fully saturated rings. The third-order valence-corrected chi connectivity index (χ3v) is 4.60. The number of nitrogens with one attached hydrogen (secondary N) is 1. The molecule has 0 atom stereocenters. The molecule has 1 amide bonds. The predicted octanol–water partition coefficient (Wildman–Crippen LogP) is 5.48. The topological polar surface area (TPSA) is 51.2 Å². The Bertz CT molecular complexity index is 1080. The van der Waals surface area contributed by atoms with Crippen LogP contribution in [0.25, 0.3) is 10.2 Å². The van der Waals surface area contributed by atoms with Crippen LogP contribution in [-0.2, 0) is 0 Å². The molecule has 1 N–H and O–H groups in total. The lowest BCUT2D eigenvalue weighted by Gasteiger charge is -2.07. The Morgan fingerprint density at radius 3 is 2.54 bits per heavy atom. The Morgan fingerprint density at radius 1 is 0.962 bits per heavy atom. The van der Waals surface area contributed by atoms with Crippen molar-refractivity contribution in [1.29, 1.82) is 0 Å². The summed E-state index contributed by atoms with van der Waals surface area (Å²) in [6.45, 7) is 0. The van der Waals surface area contributed by atoms with Gasteiger partial charge in [0.05, 0.1) is 4.70 Å². The van der Waals surface area contributed by atoms with Gasteiger partial charge in [0.15, 0.2) is 5.13 Å². The first-order valence-corrected chi connectivity index (χ1v) is 8.70. The van der Waals surface area contributed by atoms with Crippen LogP contribution in [0.5, 0.6) is 11.5 Å². The predicted molar refractivity (Wildman–Crippen MR) is 100 cm³/mol. The monoisotopic (exact) mass is 364 g/mol. The molecule has 6 heteroatoms. The standard InChI is InChI=1S/C20H13FN2O2S/c21-16-10-5-11-17-18(16)22-20(26-17)23-19(24)13-6-4-9-15(12-13)25-14-7-2-1-3-8-14/h1-12H,(H,22,23,24). The van der Waals surface area contributed by atoms with Crippen LogP contribution >= 0.6 is 11.3 Å². The van der Waals surface area contributed by atoms with Gasteiger partial charge in [0, 0.05) is 5.56 Å². The molecule has 4 rings (SSSR count). The van der Waals surface area contributed by atoms with E-state index in [0.29, 0.717) is 26.9 Å². The number of anilines is 1. The maximum Gasteiger partial charge on any atom is 0.257 e. The lowest BCUT2D eigenvalue weighted by molar-refractivity contribution is 0.102. The molecule has 0 saturated carbocycles. The minimum Gasteiger partial charge on any atom is -0.457 e. The number of hydrogen-bond acceptors (Lipinski definition) is 4. The molecule has 0 spiro atoms. The van der Waals surface area contributed by atoms with Crippen molar-refractivity contribution >= 4 is 32.6 Å². The fraction of sp³-hybridized carbons (Fsp3) is 0. The number of benzene rings is 3. The summed E-state index contributed by atoms with van der Waals surface area (Å²) < 4.78 is 20.2. The fourth-order valence-corrected chi connectivity index (χ4v) is 3.34. The van der Waals surface area contributed by atoms with Gasteiger partial charge >= 0.3 is 0 Å². The summed E-state index contributed by atoms with van der Waals surface area (Å²) >= 11 is 1.23. The smallest absolute Gasteiger partial charge is 0.257 e. The first kappa shape index (κ1) is 16.2. The van der Waals surface area contributed by atoms with Crippen molar-refractivity contribution in [3.8, 4) is 11.5 Å². The lowest BCUT2D eigenvalue weighted by Crippen LogP contribution is -2.11. The van der Waals surface area contributed by atoms with E-state index in [1.807, 2.05) is 30.3 Å². The van der Waals surface area contributed by atoms with Gasteiger partial charge < -0.3 is 4.74 Å². The number of thiazole rings is 1. The molecule has 0 saturated heterocycles. The van der Waals surface area contributed by atoms with Gasteiger partial charge in [-0.15, -0.1) is 0 Å². The Balaban J connectivity index is 1.54.